The van der Waals surface area contributed by atoms with Crippen LogP contribution in [0.5, 0.6) is 0 Å². The number of carbonyl (C=O) groups excluding carboxylic acids is 1. The molecular formula is C10H13N5O3. The van der Waals surface area contributed by atoms with Crippen LogP contribution in [0.15, 0.2) is 6.33 Å². The Balaban J connectivity index is 1.65. The zero-order chi connectivity index (χ0) is 12.7. The minimum absolute atomic E-state index is 0.0259. The Labute approximate surface area is 103 Å². The molecule has 1 saturated carbocycles. The number of likely N-dealkylation sites (tertiary alicyclic amines) is 1. The second-order valence-corrected chi connectivity index (χ2v) is 4.88. The number of nitro groups is 1. The van der Waals surface area contributed by atoms with Gasteiger partial charge in [-0.1, -0.05) is 4.98 Å². The summed E-state index contributed by atoms with van der Waals surface area (Å²) >= 11 is 0. The Morgan fingerprint density at radius 1 is 1.56 bits per heavy atom. The lowest BCUT2D eigenvalue weighted by Gasteiger charge is -2.26. The van der Waals surface area contributed by atoms with E-state index in [2.05, 4.69) is 10.1 Å². The van der Waals surface area contributed by atoms with E-state index >= 15 is 0 Å². The first-order chi connectivity index (χ1) is 8.63. The van der Waals surface area contributed by atoms with Gasteiger partial charge >= 0.3 is 5.95 Å². The van der Waals surface area contributed by atoms with Gasteiger partial charge in [0.15, 0.2) is 0 Å². The van der Waals surface area contributed by atoms with E-state index in [9.17, 15) is 14.9 Å². The third-order valence-corrected chi connectivity index (χ3v) is 3.71. The molecule has 1 amide bonds. The summed E-state index contributed by atoms with van der Waals surface area (Å²) in [6.45, 7) is 0.852. The van der Waals surface area contributed by atoms with Crippen LogP contribution in [0.25, 0.3) is 0 Å². The van der Waals surface area contributed by atoms with Crippen LogP contribution in [0, 0.1) is 16.0 Å². The number of aromatic nitrogens is 3. The second kappa shape index (κ2) is 4.04. The van der Waals surface area contributed by atoms with Crippen LogP contribution in [0.1, 0.15) is 19.3 Å². The molecule has 1 saturated heterocycles. The fourth-order valence-electron chi connectivity index (χ4n) is 2.90. The number of piperidine rings is 1. The summed E-state index contributed by atoms with van der Waals surface area (Å²) in [5.41, 5.74) is 0. The molecule has 0 N–H and O–H groups in total. The van der Waals surface area contributed by atoms with Crippen molar-refractivity contribution < 1.29 is 9.72 Å². The molecule has 2 atom stereocenters. The lowest BCUT2D eigenvalue weighted by Crippen LogP contribution is -2.39. The van der Waals surface area contributed by atoms with E-state index in [1.54, 1.807) is 0 Å². The number of rotatable bonds is 3. The molecule has 1 aromatic heterocycles. The van der Waals surface area contributed by atoms with Gasteiger partial charge in [-0.25, -0.2) is 0 Å². The van der Waals surface area contributed by atoms with Crippen LogP contribution in [0.3, 0.4) is 0 Å². The Morgan fingerprint density at radius 2 is 2.39 bits per heavy atom. The zero-order valence-corrected chi connectivity index (χ0v) is 9.73. The summed E-state index contributed by atoms with van der Waals surface area (Å²) in [6.07, 6.45) is 4.62. The largest absolute Gasteiger partial charge is 0.490 e. The summed E-state index contributed by atoms with van der Waals surface area (Å²) in [5, 5.41) is 14.1. The molecule has 2 unspecified atom stereocenters. The Morgan fingerprint density at radius 3 is 2.94 bits per heavy atom. The average Bonchev–Trinajstić information content (AvgIpc) is 3.03. The standard InChI is InChI=1S/C10H13N5O3/c16-9(14-4-7-1-2-8(14)3-7)5-13-6-11-10(12-13)15(17)18/h6-8H,1-5H2. The minimum atomic E-state index is -0.668. The van der Waals surface area contributed by atoms with Crippen molar-refractivity contribution in [2.75, 3.05) is 6.54 Å². The smallest absolute Gasteiger partial charge is 0.390 e. The highest BCUT2D eigenvalue weighted by Gasteiger charge is 2.40. The van der Waals surface area contributed by atoms with E-state index in [1.807, 2.05) is 4.90 Å². The third kappa shape index (κ3) is 1.83. The molecule has 2 heterocycles. The lowest BCUT2D eigenvalue weighted by atomic mass is 10.1. The van der Waals surface area contributed by atoms with Gasteiger partial charge in [0.05, 0.1) is 0 Å². The van der Waals surface area contributed by atoms with Crippen molar-refractivity contribution in [1.82, 2.24) is 19.7 Å². The molecule has 1 aromatic rings. The molecule has 2 bridgehead atoms. The minimum Gasteiger partial charge on any atom is -0.390 e. The molecule has 0 spiro atoms. The highest BCUT2D eigenvalue weighted by Crippen LogP contribution is 2.37. The zero-order valence-electron chi connectivity index (χ0n) is 9.73. The Kier molecular flexibility index (Phi) is 2.49. The van der Waals surface area contributed by atoms with Gasteiger partial charge in [-0.3, -0.25) is 4.79 Å². The molecule has 1 aliphatic heterocycles. The monoisotopic (exact) mass is 251 g/mol. The first kappa shape index (κ1) is 11.1. The van der Waals surface area contributed by atoms with Crippen LogP contribution >= 0.6 is 0 Å². The van der Waals surface area contributed by atoms with Gasteiger partial charge < -0.3 is 15.0 Å². The van der Waals surface area contributed by atoms with E-state index in [4.69, 9.17) is 0 Å². The third-order valence-electron chi connectivity index (χ3n) is 3.71. The van der Waals surface area contributed by atoms with Gasteiger partial charge in [-0.15, -0.1) is 0 Å². The first-order valence-electron chi connectivity index (χ1n) is 5.97. The van der Waals surface area contributed by atoms with Crippen molar-refractivity contribution in [1.29, 1.82) is 0 Å². The highest BCUT2D eigenvalue weighted by molar-refractivity contribution is 5.76. The molecule has 3 rings (SSSR count). The normalized spacial score (nSPS) is 25.7. The molecule has 2 aliphatic rings. The van der Waals surface area contributed by atoms with Gasteiger partial charge in [0.2, 0.25) is 12.2 Å². The Bertz CT molecular complexity index is 499. The maximum absolute atomic E-state index is 12.1. The molecule has 2 fully saturated rings. The van der Waals surface area contributed by atoms with Gasteiger partial charge in [0.25, 0.3) is 0 Å². The molecular weight excluding hydrogens is 238 g/mol. The van der Waals surface area contributed by atoms with Crippen molar-refractivity contribution in [3.8, 4) is 0 Å². The fraction of sp³-hybridized carbons (Fsp3) is 0.700. The molecule has 96 valence electrons. The summed E-state index contributed by atoms with van der Waals surface area (Å²) < 4.78 is 1.23. The van der Waals surface area contributed by atoms with Gasteiger partial charge in [-0.2, -0.15) is 4.68 Å². The maximum atomic E-state index is 12.1. The van der Waals surface area contributed by atoms with E-state index in [-0.39, 0.29) is 12.5 Å². The quantitative estimate of drug-likeness (QED) is 0.565. The maximum Gasteiger partial charge on any atom is 0.490 e. The molecule has 18 heavy (non-hydrogen) atoms. The van der Waals surface area contributed by atoms with E-state index in [1.165, 1.54) is 17.4 Å². The van der Waals surface area contributed by atoms with E-state index in [0.29, 0.717) is 12.0 Å². The number of nitrogens with zero attached hydrogens (tertiary/aromatic N) is 5. The SMILES string of the molecule is O=C(Cn1cnc([N+](=O)[O-])n1)N1CC2CCC1C2. The summed E-state index contributed by atoms with van der Waals surface area (Å²) in [7, 11) is 0. The van der Waals surface area contributed by atoms with Crippen LogP contribution in [-0.2, 0) is 11.3 Å². The topological polar surface area (TPSA) is 94.2 Å². The predicted molar refractivity (Wildman–Crippen MR) is 59.5 cm³/mol. The van der Waals surface area contributed by atoms with Crippen LogP contribution in [0.4, 0.5) is 5.95 Å². The highest BCUT2D eigenvalue weighted by atomic mass is 16.6. The molecule has 8 nitrogen and oxygen atoms in total. The lowest BCUT2D eigenvalue weighted by molar-refractivity contribution is -0.394. The number of amides is 1. The first-order valence-corrected chi connectivity index (χ1v) is 5.97. The van der Waals surface area contributed by atoms with Crippen molar-refractivity contribution in [2.45, 2.75) is 31.8 Å². The second-order valence-electron chi connectivity index (χ2n) is 4.88. The summed E-state index contributed by atoms with van der Waals surface area (Å²) in [4.78, 5) is 27.2. The fourth-order valence-corrected chi connectivity index (χ4v) is 2.90. The van der Waals surface area contributed by atoms with Crippen molar-refractivity contribution in [3.63, 3.8) is 0 Å². The number of hydrogen-bond donors (Lipinski definition) is 0. The van der Waals surface area contributed by atoms with Gasteiger partial charge in [0, 0.05) is 17.7 Å². The molecule has 0 radical (unpaired) electrons. The van der Waals surface area contributed by atoms with Crippen molar-refractivity contribution in [2.24, 2.45) is 5.92 Å². The van der Waals surface area contributed by atoms with Gasteiger partial charge in [-0.05, 0) is 30.1 Å². The van der Waals surface area contributed by atoms with Crippen molar-refractivity contribution in [3.05, 3.63) is 16.4 Å². The Hall–Kier alpha value is -1.99. The van der Waals surface area contributed by atoms with Crippen LogP contribution < -0.4 is 0 Å². The molecule has 0 aromatic carbocycles. The number of fused-ring (bicyclic) bond motifs is 2. The van der Waals surface area contributed by atoms with E-state index < -0.39 is 10.9 Å². The predicted octanol–water partition coefficient (Wildman–Crippen LogP) is 0.197. The summed E-state index contributed by atoms with van der Waals surface area (Å²) in [5.74, 6) is 0.150. The van der Waals surface area contributed by atoms with Crippen LogP contribution in [0.2, 0.25) is 0 Å². The number of carbonyl (C=O) groups is 1. The van der Waals surface area contributed by atoms with E-state index in [0.717, 1.165) is 19.4 Å². The molecule has 8 heteroatoms. The van der Waals surface area contributed by atoms with Crippen LogP contribution in [-0.4, -0.2) is 43.1 Å². The number of hydrogen-bond acceptors (Lipinski definition) is 5. The van der Waals surface area contributed by atoms with Crippen molar-refractivity contribution >= 4 is 11.9 Å². The summed E-state index contributed by atoms with van der Waals surface area (Å²) in [6, 6.07) is 0.362. The average molecular weight is 251 g/mol. The van der Waals surface area contributed by atoms with Gasteiger partial charge in [0.1, 0.15) is 6.54 Å². The molecule has 1 aliphatic carbocycles.